The molecule has 2 amide bonds. The van der Waals surface area contributed by atoms with Crippen molar-refractivity contribution in [3.63, 3.8) is 0 Å². The van der Waals surface area contributed by atoms with Crippen LogP contribution in [-0.2, 0) is 25.5 Å². The van der Waals surface area contributed by atoms with Crippen LogP contribution < -0.4 is 10.7 Å². The Balaban J connectivity index is 2.17. The molecule has 0 aromatic heterocycles. The van der Waals surface area contributed by atoms with Crippen molar-refractivity contribution in [3.05, 3.63) is 34.3 Å². The largest absolute Gasteiger partial charge is 0.468 e. The molecule has 29 heavy (non-hydrogen) atoms. The first-order chi connectivity index (χ1) is 13.6. The summed E-state index contributed by atoms with van der Waals surface area (Å²) in [4.78, 5) is 37.3. The first kappa shape index (κ1) is 23.2. The minimum Gasteiger partial charge on any atom is -0.468 e. The molecule has 1 fully saturated rings. The van der Waals surface area contributed by atoms with E-state index in [0.29, 0.717) is 19.4 Å². The van der Waals surface area contributed by atoms with Crippen LogP contribution >= 0.6 is 15.9 Å². The van der Waals surface area contributed by atoms with Crippen LogP contribution in [0.5, 0.6) is 0 Å². The predicted molar refractivity (Wildman–Crippen MR) is 111 cm³/mol. The van der Waals surface area contributed by atoms with Gasteiger partial charge >= 0.3 is 12.1 Å². The van der Waals surface area contributed by atoms with E-state index in [0.717, 1.165) is 10.0 Å². The van der Waals surface area contributed by atoms with Gasteiger partial charge in [0, 0.05) is 17.4 Å². The number of hydrogen-bond acceptors (Lipinski definition) is 6. The predicted octanol–water partition coefficient (Wildman–Crippen LogP) is 2.55. The van der Waals surface area contributed by atoms with Crippen molar-refractivity contribution in [1.29, 1.82) is 0 Å². The van der Waals surface area contributed by atoms with Crippen LogP contribution in [0, 0.1) is 0 Å². The highest BCUT2D eigenvalue weighted by molar-refractivity contribution is 9.10. The molecule has 1 saturated heterocycles. The minimum atomic E-state index is -0.858. The average Bonchev–Trinajstić information content (AvgIpc) is 2.65. The Hall–Kier alpha value is -2.13. The lowest BCUT2D eigenvalue weighted by molar-refractivity contribution is -0.150. The summed E-state index contributed by atoms with van der Waals surface area (Å²) >= 11 is 3.42. The third-order valence-electron chi connectivity index (χ3n) is 4.26. The van der Waals surface area contributed by atoms with Gasteiger partial charge < -0.3 is 14.8 Å². The second kappa shape index (κ2) is 10.1. The monoisotopic (exact) mass is 469 g/mol. The lowest BCUT2D eigenvalue weighted by atomic mass is 10.0. The van der Waals surface area contributed by atoms with E-state index in [-0.39, 0.29) is 12.3 Å². The smallest absolute Gasteiger partial charge is 0.408 e. The molecule has 0 aliphatic carbocycles. The van der Waals surface area contributed by atoms with Gasteiger partial charge in [-0.05, 0) is 51.3 Å². The Kier molecular flexibility index (Phi) is 8.04. The second-order valence-electron chi connectivity index (χ2n) is 7.87. The molecule has 1 aromatic carbocycles. The van der Waals surface area contributed by atoms with Gasteiger partial charge in [0.2, 0.25) is 0 Å². The van der Waals surface area contributed by atoms with Crippen LogP contribution in [0.2, 0.25) is 0 Å². The van der Waals surface area contributed by atoms with Gasteiger partial charge in [-0.1, -0.05) is 28.1 Å². The molecule has 9 heteroatoms. The van der Waals surface area contributed by atoms with Crippen molar-refractivity contribution in [2.75, 3.05) is 13.7 Å². The molecule has 8 nitrogen and oxygen atoms in total. The molecule has 1 aromatic rings. The Morgan fingerprint density at radius 1 is 1.34 bits per heavy atom. The number of rotatable bonds is 5. The number of alkyl carbamates (subject to hydrolysis) is 1. The molecule has 0 saturated carbocycles. The summed E-state index contributed by atoms with van der Waals surface area (Å²) in [7, 11) is 1.31. The van der Waals surface area contributed by atoms with E-state index in [1.165, 1.54) is 12.1 Å². The fourth-order valence-corrected chi connectivity index (χ4v) is 3.44. The lowest BCUT2D eigenvalue weighted by Gasteiger charge is -2.35. The summed E-state index contributed by atoms with van der Waals surface area (Å²) in [6.45, 7) is 5.69. The van der Waals surface area contributed by atoms with E-state index in [2.05, 4.69) is 26.7 Å². The summed E-state index contributed by atoms with van der Waals surface area (Å²) in [6, 6.07) is 6.06. The van der Waals surface area contributed by atoms with Gasteiger partial charge in [0.15, 0.2) is 0 Å². The van der Waals surface area contributed by atoms with E-state index in [4.69, 9.17) is 9.47 Å². The highest BCUT2D eigenvalue weighted by atomic mass is 79.9. The van der Waals surface area contributed by atoms with Crippen molar-refractivity contribution < 1.29 is 23.9 Å². The molecule has 1 aliphatic heterocycles. The number of carbonyl (C=O) groups is 3. The zero-order chi connectivity index (χ0) is 21.6. The van der Waals surface area contributed by atoms with E-state index in [1.807, 2.05) is 24.3 Å². The van der Waals surface area contributed by atoms with Crippen molar-refractivity contribution in [2.24, 2.45) is 0 Å². The van der Waals surface area contributed by atoms with E-state index < -0.39 is 29.7 Å². The molecule has 1 aliphatic rings. The maximum absolute atomic E-state index is 13.2. The molecule has 0 unspecified atom stereocenters. The molecule has 0 spiro atoms. The molecular weight excluding hydrogens is 442 g/mol. The van der Waals surface area contributed by atoms with Gasteiger partial charge in [-0.15, -0.1) is 0 Å². The van der Waals surface area contributed by atoms with E-state index in [1.54, 1.807) is 20.8 Å². The van der Waals surface area contributed by atoms with E-state index in [9.17, 15) is 14.4 Å². The summed E-state index contributed by atoms with van der Waals surface area (Å²) < 4.78 is 11.0. The fourth-order valence-electron chi connectivity index (χ4n) is 3.00. The number of esters is 1. The zero-order valence-electron chi connectivity index (χ0n) is 17.2. The standard InChI is InChI=1S/C20H28BrN3O5/c1-20(2,3)29-19(27)22-16(12-13-7-5-8-14(21)11-13)17(25)24-10-6-9-15(23-24)18(26)28-4/h5,7-8,11,15-16,23H,6,9-10,12H2,1-4H3,(H,22,27)/t15-,16-/m0/s1. The van der Waals surface area contributed by atoms with Gasteiger partial charge in [0.05, 0.1) is 7.11 Å². The van der Waals surface area contributed by atoms with Crippen molar-refractivity contribution in [3.8, 4) is 0 Å². The Morgan fingerprint density at radius 3 is 2.69 bits per heavy atom. The Morgan fingerprint density at radius 2 is 2.07 bits per heavy atom. The summed E-state index contributed by atoms with van der Waals surface area (Å²) in [5, 5.41) is 4.05. The Labute approximate surface area is 179 Å². The maximum Gasteiger partial charge on any atom is 0.408 e. The molecular formula is C20H28BrN3O5. The van der Waals surface area contributed by atoms with Crippen molar-refractivity contribution >= 4 is 33.9 Å². The highest BCUT2D eigenvalue weighted by Gasteiger charge is 2.33. The summed E-state index contributed by atoms with van der Waals surface area (Å²) in [5.74, 6) is -0.768. The lowest BCUT2D eigenvalue weighted by Crippen LogP contribution is -2.60. The number of nitrogens with one attached hydrogen (secondary N) is 2. The van der Waals surface area contributed by atoms with Gasteiger partial charge in [0.1, 0.15) is 17.7 Å². The van der Waals surface area contributed by atoms with Crippen LogP contribution in [-0.4, -0.2) is 54.3 Å². The quantitative estimate of drug-likeness (QED) is 0.643. The molecule has 1 heterocycles. The summed E-state index contributed by atoms with van der Waals surface area (Å²) in [6.07, 6.45) is 0.826. The molecule has 2 N–H and O–H groups in total. The number of halogens is 1. The Bertz CT molecular complexity index is 750. The molecule has 160 valence electrons. The van der Waals surface area contributed by atoms with Crippen LogP contribution in [0.25, 0.3) is 0 Å². The maximum atomic E-state index is 13.2. The first-order valence-electron chi connectivity index (χ1n) is 9.48. The highest BCUT2D eigenvalue weighted by Crippen LogP contribution is 2.16. The fraction of sp³-hybridized carbons (Fsp3) is 0.550. The minimum absolute atomic E-state index is 0.276. The first-order valence-corrected chi connectivity index (χ1v) is 10.3. The average molecular weight is 470 g/mol. The number of benzene rings is 1. The van der Waals surface area contributed by atoms with Crippen LogP contribution in [0.3, 0.4) is 0 Å². The number of amides is 2. The molecule has 2 atom stereocenters. The number of methoxy groups -OCH3 is 1. The summed E-state index contributed by atoms with van der Waals surface area (Å²) in [5.41, 5.74) is 3.09. The number of hydrazine groups is 1. The topological polar surface area (TPSA) is 97.0 Å². The zero-order valence-corrected chi connectivity index (χ0v) is 18.7. The molecule has 2 rings (SSSR count). The van der Waals surface area contributed by atoms with Gasteiger partial charge in [-0.3, -0.25) is 14.6 Å². The van der Waals surface area contributed by atoms with E-state index >= 15 is 0 Å². The third kappa shape index (κ3) is 7.32. The number of nitrogens with zero attached hydrogens (tertiary/aromatic N) is 1. The molecule has 0 bridgehead atoms. The number of carbonyl (C=O) groups excluding carboxylic acids is 3. The molecule has 0 radical (unpaired) electrons. The van der Waals surface area contributed by atoms with Crippen LogP contribution in [0.1, 0.15) is 39.2 Å². The van der Waals surface area contributed by atoms with Crippen molar-refractivity contribution in [1.82, 2.24) is 15.8 Å². The van der Waals surface area contributed by atoms with Gasteiger partial charge in [-0.25, -0.2) is 10.2 Å². The normalized spacial score (nSPS) is 18.0. The van der Waals surface area contributed by atoms with Gasteiger partial charge in [0.25, 0.3) is 5.91 Å². The second-order valence-corrected chi connectivity index (χ2v) is 8.79. The van der Waals surface area contributed by atoms with Gasteiger partial charge in [-0.2, -0.15) is 0 Å². The number of ether oxygens (including phenoxy) is 2. The third-order valence-corrected chi connectivity index (χ3v) is 4.75. The number of hydrogen-bond donors (Lipinski definition) is 2. The van der Waals surface area contributed by atoms with Crippen LogP contribution in [0.4, 0.5) is 4.79 Å². The SMILES string of the molecule is COC(=O)[C@@H]1CCCN(C(=O)[C@H](Cc2cccc(Br)c2)NC(=O)OC(C)(C)C)N1. The van der Waals surface area contributed by atoms with Crippen molar-refractivity contribution in [2.45, 2.75) is 57.7 Å². The van der Waals surface area contributed by atoms with Crippen LogP contribution in [0.15, 0.2) is 28.7 Å².